The van der Waals surface area contributed by atoms with Crippen molar-refractivity contribution in [1.82, 2.24) is 19.8 Å². The van der Waals surface area contributed by atoms with Gasteiger partial charge in [-0.1, -0.05) is 6.92 Å². The molecule has 1 aromatic rings. The van der Waals surface area contributed by atoms with Crippen LogP contribution in [-0.4, -0.2) is 57.9 Å². The van der Waals surface area contributed by atoms with Crippen LogP contribution in [0.1, 0.15) is 48.1 Å². The quantitative estimate of drug-likeness (QED) is 0.857. The van der Waals surface area contributed by atoms with Gasteiger partial charge in [-0.05, 0) is 45.6 Å². The first-order chi connectivity index (χ1) is 10.6. The molecule has 0 radical (unpaired) electrons. The zero-order valence-electron chi connectivity index (χ0n) is 13.9. The lowest BCUT2D eigenvalue weighted by Gasteiger charge is -2.35. The van der Waals surface area contributed by atoms with E-state index in [2.05, 4.69) is 21.8 Å². The molecular weight excluding hydrogens is 276 g/mol. The summed E-state index contributed by atoms with van der Waals surface area (Å²) in [6, 6.07) is 0.523. The fourth-order valence-electron chi connectivity index (χ4n) is 3.87. The van der Waals surface area contributed by atoms with Gasteiger partial charge in [0.1, 0.15) is 5.82 Å². The van der Waals surface area contributed by atoms with Crippen LogP contribution in [0.15, 0.2) is 6.20 Å². The average molecular weight is 302 g/mol. The zero-order valence-corrected chi connectivity index (χ0v) is 13.9. The normalized spacial score (nSPS) is 25.3. The number of carbonyl (C=O) groups is 1. The summed E-state index contributed by atoms with van der Waals surface area (Å²) < 4.78 is 0. The third-order valence-electron chi connectivity index (χ3n) is 4.96. The summed E-state index contributed by atoms with van der Waals surface area (Å²) >= 11 is 0. The summed E-state index contributed by atoms with van der Waals surface area (Å²) in [7, 11) is 0. The molecule has 0 aliphatic carbocycles. The van der Waals surface area contributed by atoms with Gasteiger partial charge in [-0.25, -0.2) is 9.97 Å². The number of rotatable bonds is 3. The van der Waals surface area contributed by atoms with Crippen molar-refractivity contribution in [2.45, 2.75) is 46.1 Å². The van der Waals surface area contributed by atoms with Gasteiger partial charge in [0.15, 0.2) is 0 Å². The second-order valence-electron chi connectivity index (χ2n) is 6.72. The number of amides is 1. The molecule has 3 saturated heterocycles. The largest absolute Gasteiger partial charge is 0.337 e. The molecule has 3 fully saturated rings. The smallest absolute Gasteiger partial charge is 0.257 e. The molecule has 2 bridgehead atoms. The molecule has 4 rings (SSSR count). The highest BCUT2D eigenvalue weighted by Crippen LogP contribution is 2.29. The van der Waals surface area contributed by atoms with E-state index in [1.807, 2.05) is 18.7 Å². The van der Waals surface area contributed by atoms with E-state index in [-0.39, 0.29) is 5.91 Å². The molecule has 0 N–H and O–H groups in total. The number of carbonyl (C=O) groups excluding carboxylic acids is 1. The van der Waals surface area contributed by atoms with Crippen molar-refractivity contribution in [3.63, 3.8) is 0 Å². The number of fused-ring (bicyclic) bond motifs is 4. The molecule has 2 atom stereocenters. The van der Waals surface area contributed by atoms with Gasteiger partial charge in [0, 0.05) is 31.9 Å². The maximum absolute atomic E-state index is 12.9. The van der Waals surface area contributed by atoms with Crippen LogP contribution in [0.3, 0.4) is 0 Å². The highest BCUT2D eigenvalue weighted by Gasteiger charge is 2.36. The van der Waals surface area contributed by atoms with Gasteiger partial charge in [-0.2, -0.15) is 0 Å². The fourth-order valence-corrected chi connectivity index (χ4v) is 3.87. The van der Waals surface area contributed by atoms with Crippen LogP contribution in [0.25, 0.3) is 0 Å². The maximum Gasteiger partial charge on any atom is 0.257 e. The molecule has 0 spiro atoms. The standard InChI is InChI=1S/C17H26N4O/c1-4-7-20-9-14-5-6-15(20)11-21(10-14)17(22)16-8-18-13(3)19-12(16)2/h8,14-15H,4-7,9-11H2,1-3H3/t14-,15-/m1/s1. The minimum atomic E-state index is 0.104. The number of nitrogens with zero attached hydrogens (tertiary/aromatic N) is 4. The Bertz CT molecular complexity index is 560. The summed E-state index contributed by atoms with van der Waals surface area (Å²) in [5.41, 5.74) is 1.45. The molecule has 5 nitrogen and oxygen atoms in total. The van der Waals surface area contributed by atoms with Crippen molar-refractivity contribution < 1.29 is 4.79 Å². The van der Waals surface area contributed by atoms with Gasteiger partial charge in [-0.15, -0.1) is 0 Å². The Morgan fingerprint density at radius 2 is 2.09 bits per heavy atom. The van der Waals surface area contributed by atoms with Crippen LogP contribution >= 0.6 is 0 Å². The van der Waals surface area contributed by atoms with Crippen molar-refractivity contribution in [2.75, 3.05) is 26.2 Å². The first-order valence-electron chi connectivity index (χ1n) is 8.42. The second kappa shape index (κ2) is 6.32. The summed E-state index contributed by atoms with van der Waals surface area (Å²) in [6.45, 7) is 10.0. The SMILES string of the molecule is CCCN1C[C@H]2CC[C@@H]1CN(C(=O)c1cnc(C)nc1C)C2. The number of hydrogen-bond donors (Lipinski definition) is 0. The lowest BCUT2D eigenvalue weighted by molar-refractivity contribution is 0.0736. The molecule has 0 saturated carbocycles. The van der Waals surface area contributed by atoms with Crippen molar-refractivity contribution in [2.24, 2.45) is 5.92 Å². The average Bonchev–Trinajstić information content (AvgIpc) is 2.79. The Morgan fingerprint density at radius 3 is 2.82 bits per heavy atom. The minimum absolute atomic E-state index is 0.104. The van der Waals surface area contributed by atoms with E-state index in [1.54, 1.807) is 6.20 Å². The highest BCUT2D eigenvalue weighted by molar-refractivity contribution is 5.95. The lowest BCUT2D eigenvalue weighted by atomic mass is 9.95. The second-order valence-corrected chi connectivity index (χ2v) is 6.72. The number of piperidine rings is 1. The molecule has 1 aromatic heterocycles. The van der Waals surface area contributed by atoms with E-state index < -0.39 is 0 Å². The third kappa shape index (κ3) is 3.00. The van der Waals surface area contributed by atoms with E-state index in [0.717, 1.165) is 37.7 Å². The summed E-state index contributed by atoms with van der Waals surface area (Å²) in [4.78, 5) is 26.1. The van der Waals surface area contributed by atoms with Gasteiger partial charge < -0.3 is 4.90 Å². The van der Waals surface area contributed by atoms with Crippen molar-refractivity contribution in [3.8, 4) is 0 Å². The van der Waals surface area contributed by atoms with Gasteiger partial charge in [0.2, 0.25) is 0 Å². The van der Waals surface area contributed by atoms with Gasteiger partial charge in [-0.3, -0.25) is 9.69 Å². The zero-order chi connectivity index (χ0) is 15.7. The summed E-state index contributed by atoms with van der Waals surface area (Å²) in [5, 5.41) is 0. The molecule has 3 aliphatic rings. The van der Waals surface area contributed by atoms with Crippen LogP contribution in [0, 0.1) is 19.8 Å². The van der Waals surface area contributed by atoms with Crippen LogP contribution in [-0.2, 0) is 0 Å². The van der Waals surface area contributed by atoms with Crippen molar-refractivity contribution >= 4 is 5.91 Å². The fraction of sp³-hybridized carbons (Fsp3) is 0.706. The van der Waals surface area contributed by atoms with Gasteiger partial charge in [0.25, 0.3) is 5.91 Å². The van der Waals surface area contributed by atoms with Crippen molar-refractivity contribution in [1.29, 1.82) is 0 Å². The van der Waals surface area contributed by atoms with Crippen LogP contribution in [0.4, 0.5) is 0 Å². The Morgan fingerprint density at radius 1 is 1.27 bits per heavy atom. The summed E-state index contributed by atoms with van der Waals surface area (Å²) in [6.07, 6.45) is 5.34. The Labute approximate surface area is 132 Å². The first kappa shape index (κ1) is 15.4. The minimum Gasteiger partial charge on any atom is -0.337 e. The summed E-state index contributed by atoms with van der Waals surface area (Å²) in [5.74, 6) is 1.44. The van der Waals surface area contributed by atoms with E-state index in [4.69, 9.17) is 0 Å². The van der Waals surface area contributed by atoms with Crippen LogP contribution < -0.4 is 0 Å². The van der Waals surface area contributed by atoms with Gasteiger partial charge >= 0.3 is 0 Å². The molecule has 22 heavy (non-hydrogen) atoms. The van der Waals surface area contributed by atoms with Crippen LogP contribution in [0.2, 0.25) is 0 Å². The highest BCUT2D eigenvalue weighted by atomic mass is 16.2. The molecule has 1 amide bonds. The van der Waals surface area contributed by atoms with Crippen LogP contribution in [0.5, 0.6) is 0 Å². The maximum atomic E-state index is 12.9. The monoisotopic (exact) mass is 302 g/mol. The van der Waals surface area contributed by atoms with E-state index in [1.165, 1.54) is 19.3 Å². The predicted molar refractivity (Wildman–Crippen MR) is 85.8 cm³/mol. The molecule has 0 aromatic carbocycles. The van der Waals surface area contributed by atoms with Gasteiger partial charge in [0.05, 0.1) is 11.3 Å². The Balaban J connectivity index is 1.79. The number of aryl methyl sites for hydroxylation is 2. The van der Waals surface area contributed by atoms with E-state index >= 15 is 0 Å². The van der Waals surface area contributed by atoms with E-state index in [9.17, 15) is 4.79 Å². The first-order valence-corrected chi connectivity index (χ1v) is 8.42. The molecular formula is C17H26N4O. The molecule has 120 valence electrons. The molecule has 3 aliphatic heterocycles. The number of aromatic nitrogens is 2. The third-order valence-corrected chi connectivity index (χ3v) is 4.96. The Hall–Kier alpha value is -1.49. The number of hydrogen-bond acceptors (Lipinski definition) is 4. The molecule has 4 heterocycles. The van der Waals surface area contributed by atoms with E-state index in [0.29, 0.717) is 17.5 Å². The topological polar surface area (TPSA) is 49.3 Å². The lowest BCUT2D eigenvalue weighted by Crippen LogP contribution is -2.44. The predicted octanol–water partition coefficient (Wildman–Crippen LogP) is 2.04. The van der Waals surface area contributed by atoms with Crippen molar-refractivity contribution in [3.05, 3.63) is 23.3 Å². The molecule has 5 heteroatoms. The Kier molecular flexibility index (Phi) is 4.43. The molecule has 0 unspecified atom stereocenters.